The van der Waals surface area contributed by atoms with Crippen molar-refractivity contribution >= 4 is 50.6 Å². The summed E-state index contributed by atoms with van der Waals surface area (Å²) in [4.78, 5) is 34.9. The molecule has 2 fully saturated rings. The number of aryl methyl sites for hydroxylation is 2. The van der Waals surface area contributed by atoms with Crippen molar-refractivity contribution in [3.8, 4) is 11.5 Å². The number of benzene rings is 3. The maximum absolute atomic E-state index is 14.3. The molecule has 14 heteroatoms. The van der Waals surface area contributed by atoms with Crippen molar-refractivity contribution in [1.29, 1.82) is 0 Å². The molecular formula is C36H39ClN6O6S. The number of nitrogens with zero attached hydrogens (tertiary/aromatic N) is 5. The number of halogens is 1. The highest BCUT2D eigenvalue weighted by atomic mass is 35.5. The summed E-state index contributed by atoms with van der Waals surface area (Å²) < 4.78 is 41.7. The van der Waals surface area contributed by atoms with E-state index in [1.165, 1.54) is 29.8 Å². The van der Waals surface area contributed by atoms with Crippen molar-refractivity contribution in [1.82, 2.24) is 19.1 Å². The number of hydrogen-bond acceptors (Lipinski definition) is 9. The second kappa shape index (κ2) is 14.6. The van der Waals surface area contributed by atoms with Crippen molar-refractivity contribution in [3.63, 3.8) is 0 Å². The average Bonchev–Trinajstić information content (AvgIpc) is 3.62. The fourth-order valence-corrected chi connectivity index (χ4v) is 8.72. The van der Waals surface area contributed by atoms with E-state index in [1.54, 1.807) is 34.1 Å². The molecule has 2 amide bonds. The number of hydrazone groups is 1. The van der Waals surface area contributed by atoms with Crippen LogP contribution in [0.4, 0.5) is 0 Å². The van der Waals surface area contributed by atoms with Gasteiger partial charge in [0.25, 0.3) is 5.91 Å². The predicted octanol–water partition coefficient (Wildman–Crippen LogP) is 4.52. The fourth-order valence-electron chi connectivity index (χ4n) is 6.69. The lowest BCUT2D eigenvalue weighted by molar-refractivity contribution is -0.136. The predicted molar refractivity (Wildman–Crippen MR) is 191 cm³/mol. The van der Waals surface area contributed by atoms with Gasteiger partial charge in [-0.2, -0.15) is 9.41 Å². The highest BCUT2D eigenvalue weighted by Gasteiger charge is 2.43. The Bertz CT molecular complexity index is 2070. The van der Waals surface area contributed by atoms with Gasteiger partial charge < -0.3 is 25.1 Å². The second-order valence-corrected chi connectivity index (χ2v) is 14.6. The van der Waals surface area contributed by atoms with E-state index in [4.69, 9.17) is 26.9 Å². The van der Waals surface area contributed by atoms with E-state index in [2.05, 4.69) is 10.1 Å². The van der Waals surface area contributed by atoms with Gasteiger partial charge in [-0.25, -0.2) is 13.4 Å². The maximum Gasteiger partial charge on any atom is 0.253 e. The first-order valence-electron chi connectivity index (χ1n) is 16.3. The van der Waals surface area contributed by atoms with Crippen LogP contribution < -0.4 is 15.3 Å². The van der Waals surface area contributed by atoms with E-state index in [0.29, 0.717) is 61.4 Å². The van der Waals surface area contributed by atoms with Gasteiger partial charge in [-0.15, -0.1) is 0 Å². The number of fused-ring (bicyclic) bond motifs is 1. The molecule has 0 bridgehead atoms. The maximum atomic E-state index is 14.3. The fraction of sp³-hybridized carbons (Fsp3) is 0.333. The quantitative estimate of drug-likeness (QED) is 0.151. The van der Waals surface area contributed by atoms with Gasteiger partial charge >= 0.3 is 0 Å². The topological polar surface area (TPSA) is 148 Å². The molecule has 50 heavy (non-hydrogen) atoms. The molecular weight excluding hydrogens is 680 g/mol. The molecule has 12 nitrogen and oxygen atoms in total. The summed E-state index contributed by atoms with van der Waals surface area (Å²) in [7, 11) is -2.81. The SMILES string of the molecule is COc1c(S(=O)(=O)N2CCC[C@H]2C(=O)N2CCN(C(=O)c3ccc(C=NN)cc3)CC2)ccc(Cl)c1COc1cccc2c(C)cc(C)nc12. The second-order valence-electron chi connectivity index (χ2n) is 12.4. The van der Waals surface area contributed by atoms with Crippen molar-refractivity contribution < 1.29 is 27.5 Å². The normalized spacial score (nSPS) is 17.1. The number of sulfonamides is 1. The van der Waals surface area contributed by atoms with Gasteiger partial charge in [-0.05, 0) is 74.2 Å². The van der Waals surface area contributed by atoms with E-state index in [-0.39, 0.29) is 40.6 Å². The van der Waals surface area contributed by atoms with Crippen LogP contribution >= 0.6 is 11.6 Å². The lowest BCUT2D eigenvalue weighted by Gasteiger charge is -2.37. The first-order chi connectivity index (χ1) is 24.0. The first kappa shape index (κ1) is 35.1. The molecule has 2 aliphatic rings. The zero-order valence-electron chi connectivity index (χ0n) is 28.1. The van der Waals surface area contributed by atoms with Crippen LogP contribution in [-0.2, 0) is 21.4 Å². The number of aromatic nitrogens is 1. The summed E-state index contributed by atoms with van der Waals surface area (Å²) in [6.07, 6.45) is 2.40. The Kier molecular flexibility index (Phi) is 10.3. The number of para-hydroxylation sites is 1. The smallest absolute Gasteiger partial charge is 0.253 e. The van der Waals surface area contributed by atoms with Crippen LogP contribution in [0, 0.1) is 13.8 Å². The van der Waals surface area contributed by atoms with Crippen molar-refractivity contribution in [2.45, 2.75) is 44.2 Å². The largest absolute Gasteiger partial charge is 0.495 e. The Hall–Kier alpha value is -4.72. The molecule has 0 saturated carbocycles. The van der Waals surface area contributed by atoms with Crippen LogP contribution in [0.1, 0.15) is 45.6 Å². The number of carbonyl (C=O) groups excluding carboxylic acids is 2. The minimum atomic E-state index is -4.20. The third kappa shape index (κ3) is 6.85. The van der Waals surface area contributed by atoms with Crippen LogP contribution in [0.2, 0.25) is 5.02 Å². The zero-order valence-corrected chi connectivity index (χ0v) is 29.7. The molecule has 0 radical (unpaired) electrons. The van der Waals surface area contributed by atoms with Crippen molar-refractivity contribution in [3.05, 3.63) is 93.6 Å². The number of piperazine rings is 1. The van der Waals surface area contributed by atoms with Crippen LogP contribution in [0.3, 0.4) is 0 Å². The number of rotatable bonds is 9. The Morgan fingerprint density at radius 3 is 2.44 bits per heavy atom. The van der Waals surface area contributed by atoms with Crippen LogP contribution in [0.15, 0.2) is 70.7 Å². The number of nitrogens with two attached hydrogens (primary N) is 1. The third-order valence-corrected chi connectivity index (χ3v) is 11.5. The monoisotopic (exact) mass is 718 g/mol. The average molecular weight is 719 g/mol. The number of carbonyl (C=O) groups is 2. The first-order valence-corrected chi connectivity index (χ1v) is 18.1. The van der Waals surface area contributed by atoms with Crippen LogP contribution in [0.25, 0.3) is 10.9 Å². The number of hydrogen-bond donors (Lipinski definition) is 1. The van der Waals surface area contributed by atoms with Gasteiger partial charge in [0.1, 0.15) is 34.6 Å². The summed E-state index contributed by atoms with van der Waals surface area (Å²) in [6, 6.07) is 16.6. The summed E-state index contributed by atoms with van der Waals surface area (Å²) >= 11 is 6.62. The van der Waals surface area contributed by atoms with Crippen LogP contribution in [0.5, 0.6) is 11.5 Å². The molecule has 2 N–H and O–H groups in total. The van der Waals surface area contributed by atoms with Gasteiger partial charge in [0, 0.05) is 49.4 Å². The molecule has 0 unspecified atom stereocenters. The van der Waals surface area contributed by atoms with E-state index in [0.717, 1.165) is 22.2 Å². The molecule has 3 heterocycles. The summed E-state index contributed by atoms with van der Waals surface area (Å²) in [5.41, 5.74) is 4.27. The number of amides is 2. The van der Waals surface area contributed by atoms with Gasteiger partial charge in [-0.3, -0.25) is 9.59 Å². The van der Waals surface area contributed by atoms with E-state index in [9.17, 15) is 18.0 Å². The highest BCUT2D eigenvalue weighted by Crippen LogP contribution is 2.38. The van der Waals surface area contributed by atoms with E-state index in [1.807, 2.05) is 38.1 Å². The van der Waals surface area contributed by atoms with Gasteiger partial charge in [0.2, 0.25) is 15.9 Å². The molecule has 2 saturated heterocycles. The molecule has 262 valence electrons. The van der Waals surface area contributed by atoms with Crippen LogP contribution in [-0.4, -0.2) is 91.4 Å². The summed E-state index contributed by atoms with van der Waals surface area (Å²) in [5, 5.41) is 4.72. The Balaban J connectivity index is 1.18. The third-order valence-electron chi connectivity index (χ3n) is 9.22. The minimum Gasteiger partial charge on any atom is -0.495 e. The molecule has 0 spiro atoms. The van der Waals surface area contributed by atoms with Crippen molar-refractivity contribution in [2.24, 2.45) is 10.9 Å². The number of pyridine rings is 1. The Labute approximate surface area is 296 Å². The highest BCUT2D eigenvalue weighted by molar-refractivity contribution is 7.89. The Morgan fingerprint density at radius 1 is 1.02 bits per heavy atom. The number of ether oxygens (including phenoxy) is 2. The lowest BCUT2D eigenvalue weighted by atomic mass is 10.1. The molecule has 3 aromatic carbocycles. The van der Waals surface area contributed by atoms with Gasteiger partial charge in [-0.1, -0.05) is 35.9 Å². The Morgan fingerprint density at radius 2 is 1.74 bits per heavy atom. The minimum absolute atomic E-state index is 0.0617. The molecule has 4 aromatic rings. The zero-order chi connectivity index (χ0) is 35.6. The molecule has 1 atom stereocenters. The summed E-state index contributed by atoms with van der Waals surface area (Å²) in [5.74, 6) is 5.37. The lowest BCUT2D eigenvalue weighted by Crippen LogP contribution is -2.55. The van der Waals surface area contributed by atoms with Gasteiger partial charge in [0.15, 0.2) is 0 Å². The summed E-state index contributed by atoms with van der Waals surface area (Å²) in [6.45, 7) is 5.27. The molecule has 0 aliphatic carbocycles. The standard InChI is InChI=1S/C36H39ClN6O6S/c1-23-20-24(2)40-33-27(23)6-4-8-31(33)49-22-28-29(37)13-14-32(34(28)48-3)50(46,47)43-15-5-7-30(43)36(45)42-18-16-41(17-19-42)35(44)26-11-9-25(10-12-26)21-39-38/h4,6,8-14,20-21,30H,5,7,15-19,22,38H2,1-3H3/t30-/m0/s1. The number of methoxy groups -OCH3 is 1. The molecule has 1 aromatic heterocycles. The molecule has 6 rings (SSSR count). The molecule has 2 aliphatic heterocycles. The van der Waals surface area contributed by atoms with E-state index >= 15 is 0 Å². The van der Waals surface area contributed by atoms with E-state index < -0.39 is 16.1 Å². The van der Waals surface area contributed by atoms with Crippen molar-refractivity contribution in [2.75, 3.05) is 39.8 Å². The van der Waals surface area contributed by atoms with Gasteiger partial charge in [0.05, 0.1) is 23.9 Å².